The molecule has 0 spiro atoms. The number of carbonyl (C=O) groups is 1. The zero-order chi connectivity index (χ0) is 18.9. The van der Waals surface area contributed by atoms with Crippen LogP contribution in [0.4, 0.5) is 10.5 Å². The van der Waals surface area contributed by atoms with Gasteiger partial charge in [0.05, 0.1) is 0 Å². The van der Waals surface area contributed by atoms with Crippen molar-refractivity contribution < 1.29 is 9.53 Å². The molecular weight excluding hydrogens is 326 g/mol. The Balaban J connectivity index is 1.53. The monoisotopic (exact) mass is 359 g/mol. The quantitative estimate of drug-likeness (QED) is 0.894. The first kappa shape index (κ1) is 19.0. The standard InChI is InChI=1S/C21H33N3O2/c1-21(2,3)26-20(25)22-19-11-8-16-13-24(14-18(16)19)12-15-6-9-17(10-7-15)23(4)5/h6-7,9-10,16,18-19H,8,11-14H2,1-5H3,(H,22,25)/t16-,18-,19-/m0/s1. The molecule has 5 nitrogen and oxygen atoms in total. The predicted octanol–water partition coefficient (Wildman–Crippen LogP) is 3.49. The van der Waals surface area contributed by atoms with Crippen LogP contribution < -0.4 is 10.2 Å². The van der Waals surface area contributed by atoms with Gasteiger partial charge in [-0.25, -0.2) is 4.79 Å². The molecule has 1 saturated heterocycles. The van der Waals surface area contributed by atoms with Crippen molar-refractivity contribution in [3.63, 3.8) is 0 Å². The number of nitrogens with zero attached hydrogens (tertiary/aromatic N) is 2. The van der Waals surface area contributed by atoms with Crippen molar-refractivity contribution in [1.29, 1.82) is 0 Å². The van der Waals surface area contributed by atoms with E-state index in [1.165, 1.54) is 17.7 Å². The van der Waals surface area contributed by atoms with E-state index in [-0.39, 0.29) is 12.1 Å². The van der Waals surface area contributed by atoms with Gasteiger partial charge in [-0.1, -0.05) is 12.1 Å². The van der Waals surface area contributed by atoms with Crippen LogP contribution in [0.2, 0.25) is 0 Å². The molecule has 3 atom stereocenters. The molecule has 1 heterocycles. The van der Waals surface area contributed by atoms with E-state index in [2.05, 4.69) is 53.5 Å². The molecule has 1 aliphatic carbocycles. The fourth-order valence-electron chi connectivity index (χ4n) is 4.28. The number of ether oxygens (including phenoxy) is 1. The zero-order valence-electron chi connectivity index (χ0n) is 16.8. The predicted molar refractivity (Wildman–Crippen MR) is 105 cm³/mol. The third kappa shape index (κ3) is 4.70. The average molecular weight is 360 g/mol. The fourth-order valence-corrected chi connectivity index (χ4v) is 4.28. The molecule has 5 heteroatoms. The lowest BCUT2D eigenvalue weighted by Crippen LogP contribution is -2.42. The van der Waals surface area contributed by atoms with Gasteiger partial charge in [-0.15, -0.1) is 0 Å². The van der Waals surface area contributed by atoms with Crippen LogP contribution in [-0.4, -0.2) is 49.8 Å². The van der Waals surface area contributed by atoms with Crippen molar-refractivity contribution in [2.45, 2.75) is 51.8 Å². The SMILES string of the molecule is CN(C)c1ccc(CN2C[C@@H]3CC[C@H](NC(=O)OC(C)(C)C)[C@H]3C2)cc1. The number of alkyl carbamates (subject to hydrolysis) is 1. The van der Waals surface area contributed by atoms with Gasteiger partial charge in [0.25, 0.3) is 0 Å². The molecule has 144 valence electrons. The number of benzene rings is 1. The highest BCUT2D eigenvalue weighted by molar-refractivity contribution is 5.68. The first-order valence-electron chi connectivity index (χ1n) is 9.69. The molecule has 1 aromatic carbocycles. The van der Waals surface area contributed by atoms with E-state index in [0.717, 1.165) is 26.1 Å². The topological polar surface area (TPSA) is 44.8 Å². The molecule has 0 bridgehead atoms. The minimum Gasteiger partial charge on any atom is -0.444 e. The summed E-state index contributed by atoms with van der Waals surface area (Å²) in [5.41, 5.74) is 2.14. The summed E-state index contributed by atoms with van der Waals surface area (Å²) < 4.78 is 5.43. The molecule has 1 aliphatic heterocycles. The van der Waals surface area contributed by atoms with Gasteiger partial charge in [-0.05, 0) is 63.1 Å². The van der Waals surface area contributed by atoms with E-state index in [1.54, 1.807) is 0 Å². The minimum atomic E-state index is -0.442. The summed E-state index contributed by atoms with van der Waals surface area (Å²) >= 11 is 0. The number of carbonyl (C=O) groups excluding carboxylic acids is 1. The molecule has 0 aromatic heterocycles. The highest BCUT2D eigenvalue weighted by Gasteiger charge is 2.43. The Morgan fingerprint density at radius 3 is 2.50 bits per heavy atom. The molecule has 3 rings (SSSR count). The lowest BCUT2D eigenvalue weighted by atomic mass is 9.98. The highest BCUT2D eigenvalue weighted by atomic mass is 16.6. The van der Waals surface area contributed by atoms with Gasteiger partial charge >= 0.3 is 6.09 Å². The maximum Gasteiger partial charge on any atom is 0.407 e. The number of hydrogen-bond donors (Lipinski definition) is 1. The van der Waals surface area contributed by atoms with E-state index in [1.807, 2.05) is 20.8 Å². The van der Waals surface area contributed by atoms with E-state index >= 15 is 0 Å². The van der Waals surface area contributed by atoms with Crippen LogP contribution in [0.1, 0.15) is 39.2 Å². The van der Waals surface area contributed by atoms with Crippen molar-refractivity contribution in [3.05, 3.63) is 29.8 Å². The van der Waals surface area contributed by atoms with Crippen LogP contribution in [0.5, 0.6) is 0 Å². The first-order valence-corrected chi connectivity index (χ1v) is 9.69. The molecule has 2 fully saturated rings. The van der Waals surface area contributed by atoms with Crippen molar-refractivity contribution in [1.82, 2.24) is 10.2 Å². The van der Waals surface area contributed by atoms with E-state index in [0.29, 0.717) is 11.8 Å². The summed E-state index contributed by atoms with van der Waals surface area (Å²) in [5.74, 6) is 1.24. The normalized spacial score (nSPS) is 25.8. The van der Waals surface area contributed by atoms with Crippen LogP contribution in [0.25, 0.3) is 0 Å². The molecule has 1 aromatic rings. The smallest absolute Gasteiger partial charge is 0.407 e. The van der Waals surface area contributed by atoms with Crippen LogP contribution in [0.3, 0.4) is 0 Å². The summed E-state index contributed by atoms with van der Waals surface area (Å²) in [4.78, 5) is 16.8. The molecule has 0 radical (unpaired) electrons. The zero-order valence-corrected chi connectivity index (χ0v) is 16.8. The van der Waals surface area contributed by atoms with Crippen LogP contribution in [0.15, 0.2) is 24.3 Å². The second kappa shape index (κ2) is 7.47. The molecule has 2 aliphatic rings. The summed E-state index contributed by atoms with van der Waals surface area (Å²) in [6.45, 7) is 8.89. The molecule has 0 unspecified atom stereocenters. The number of likely N-dealkylation sites (tertiary alicyclic amines) is 1. The number of anilines is 1. The van der Waals surface area contributed by atoms with E-state index in [9.17, 15) is 4.79 Å². The maximum absolute atomic E-state index is 12.1. The Kier molecular flexibility index (Phi) is 5.47. The molecule has 1 amide bonds. The number of amides is 1. The summed E-state index contributed by atoms with van der Waals surface area (Å²) in [6, 6.07) is 9.05. The Bertz CT molecular complexity index is 621. The van der Waals surface area contributed by atoms with Crippen molar-refractivity contribution in [2.75, 3.05) is 32.1 Å². The number of nitrogens with one attached hydrogen (secondary N) is 1. The Labute approximate surface area is 157 Å². The largest absolute Gasteiger partial charge is 0.444 e. The molecule has 1 saturated carbocycles. The Morgan fingerprint density at radius 2 is 1.88 bits per heavy atom. The highest BCUT2D eigenvalue weighted by Crippen LogP contribution is 2.38. The third-order valence-electron chi connectivity index (χ3n) is 5.49. The summed E-state index contributed by atoms with van der Waals surface area (Å²) in [7, 11) is 4.13. The molecular formula is C21H33N3O2. The molecule has 26 heavy (non-hydrogen) atoms. The third-order valence-corrected chi connectivity index (χ3v) is 5.49. The van der Waals surface area contributed by atoms with E-state index in [4.69, 9.17) is 4.74 Å². The Hall–Kier alpha value is -1.75. The van der Waals surface area contributed by atoms with Crippen LogP contribution in [0, 0.1) is 11.8 Å². The number of rotatable bonds is 4. The van der Waals surface area contributed by atoms with Crippen molar-refractivity contribution >= 4 is 11.8 Å². The van der Waals surface area contributed by atoms with Gasteiger partial charge in [0.2, 0.25) is 0 Å². The minimum absolute atomic E-state index is 0.246. The fraction of sp³-hybridized carbons (Fsp3) is 0.667. The summed E-state index contributed by atoms with van der Waals surface area (Å²) in [6.07, 6.45) is 1.99. The van der Waals surface area contributed by atoms with Gasteiger partial charge in [0, 0.05) is 45.5 Å². The molecule has 1 N–H and O–H groups in total. The van der Waals surface area contributed by atoms with Crippen molar-refractivity contribution in [2.24, 2.45) is 11.8 Å². The van der Waals surface area contributed by atoms with Crippen molar-refractivity contribution in [3.8, 4) is 0 Å². The number of hydrogen-bond acceptors (Lipinski definition) is 4. The Morgan fingerprint density at radius 1 is 1.19 bits per heavy atom. The number of fused-ring (bicyclic) bond motifs is 1. The van der Waals surface area contributed by atoms with Gasteiger partial charge in [0.1, 0.15) is 5.60 Å². The van der Waals surface area contributed by atoms with Gasteiger partial charge in [-0.3, -0.25) is 4.90 Å². The van der Waals surface area contributed by atoms with Crippen LogP contribution in [-0.2, 0) is 11.3 Å². The van der Waals surface area contributed by atoms with E-state index < -0.39 is 5.60 Å². The average Bonchev–Trinajstić information content (AvgIpc) is 3.07. The maximum atomic E-state index is 12.1. The van der Waals surface area contributed by atoms with Crippen LogP contribution >= 0.6 is 0 Å². The van der Waals surface area contributed by atoms with Gasteiger partial charge in [0.15, 0.2) is 0 Å². The lowest BCUT2D eigenvalue weighted by Gasteiger charge is -2.25. The lowest BCUT2D eigenvalue weighted by molar-refractivity contribution is 0.0491. The van der Waals surface area contributed by atoms with Gasteiger partial charge < -0.3 is 15.0 Å². The second-order valence-corrected chi connectivity index (χ2v) is 9.01. The first-order chi connectivity index (χ1) is 12.2. The second-order valence-electron chi connectivity index (χ2n) is 9.01. The van der Waals surface area contributed by atoms with Gasteiger partial charge in [-0.2, -0.15) is 0 Å². The summed E-state index contributed by atoms with van der Waals surface area (Å²) in [5, 5.41) is 3.12.